The molecule has 102 valence electrons. The van der Waals surface area contributed by atoms with Crippen LogP contribution in [0, 0.1) is 5.92 Å². The van der Waals surface area contributed by atoms with Crippen molar-refractivity contribution < 1.29 is 8.42 Å². The lowest BCUT2D eigenvalue weighted by atomic mass is 10.0. The zero-order chi connectivity index (χ0) is 12.9. The minimum atomic E-state index is -3.29. The van der Waals surface area contributed by atoms with Crippen LogP contribution in [0.5, 0.6) is 0 Å². The van der Waals surface area contributed by atoms with Crippen molar-refractivity contribution in [3.05, 3.63) is 0 Å². The number of nitrogens with one attached hydrogen (secondary N) is 1. The van der Waals surface area contributed by atoms with E-state index in [1.165, 1.54) is 0 Å². The highest BCUT2D eigenvalue weighted by atomic mass is 79.9. The maximum absolute atomic E-state index is 12.2. The van der Waals surface area contributed by atoms with Crippen molar-refractivity contribution in [3.63, 3.8) is 0 Å². The van der Waals surface area contributed by atoms with Gasteiger partial charge in [-0.05, 0) is 25.2 Å². The van der Waals surface area contributed by atoms with Crippen LogP contribution in [0.25, 0.3) is 0 Å². The van der Waals surface area contributed by atoms with Crippen molar-refractivity contribution in [1.29, 1.82) is 0 Å². The number of hydrogen-bond donors (Lipinski definition) is 1. The molecular formula is C11H23BrN2O2S. The molecule has 6 heteroatoms. The molecule has 1 N–H and O–H groups in total. The fourth-order valence-corrected chi connectivity index (χ4v) is 4.17. The Morgan fingerprint density at radius 2 is 1.82 bits per heavy atom. The molecule has 1 atom stereocenters. The van der Waals surface area contributed by atoms with Crippen molar-refractivity contribution in [2.75, 3.05) is 18.4 Å². The summed E-state index contributed by atoms with van der Waals surface area (Å²) < 4.78 is 28.8. The van der Waals surface area contributed by atoms with Crippen LogP contribution in [0.3, 0.4) is 0 Å². The van der Waals surface area contributed by atoms with Crippen LogP contribution in [0.2, 0.25) is 0 Å². The van der Waals surface area contributed by atoms with Gasteiger partial charge in [-0.25, -0.2) is 0 Å². The number of hydrogen-bond acceptors (Lipinski definition) is 2. The summed E-state index contributed by atoms with van der Waals surface area (Å²) >= 11 is 3.37. The van der Waals surface area contributed by atoms with E-state index in [0.717, 1.165) is 31.0 Å². The van der Waals surface area contributed by atoms with Gasteiger partial charge in [-0.2, -0.15) is 17.4 Å². The van der Waals surface area contributed by atoms with Gasteiger partial charge in [-0.15, -0.1) is 0 Å². The molecule has 0 saturated carbocycles. The number of rotatable bonds is 6. The Hall–Kier alpha value is 0.350. The quantitative estimate of drug-likeness (QED) is 0.760. The molecule has 1 saturated heterocycles. The van der Waals surface area contributed by atoms with E-state index in [0.29, 0.717) is 19.0 Å². The Morgan fingerprint density at radius 3 is 2.29 bits per heavy atom. The highest BCUT2D eigenvalue weighted by Gasteiger charge is 2.27. The molecular weight excluding hydrogens is 304 g/mol. The average Bonchev–Trinajstić information content (AvgIpc) is 2.29. The molecule has 1 aliphatic heterocycles. The SMILES string of the molecule is CC(C)C(CCBr)NS(=O)(=O)N1CCCCC1. The second-order valence-corrected chi connectivity index (χ2v) is 7.41. The first kappa shape index (κ1) is 15.4. The highest BCUT2D eigenvalue weighted by Crippen LogP contribution is 2.15. The Balaban J connectivity index is 2.62. The first-order chi connectivity index (χ1) is 7.97. The van der Waals surface area contributed by atoms with Crippen molar-refractivity contribution in [2.45, 2.75) is 45.6 Å². The smallest absolute Gasteiger partial charge is 0.199 e. The Morgan fingerprint density at radius 1 is 1.24 bits per heavy atom. The molecule has 4 nitrogen and oxygen atoms in total. The fraction of sp³-hybridized carbons (Fsp3) is 1.00. The Labute approximate surface area is 113 Å². The van der Waals surface area contributed by atoms with Crippen molar-refractivity contribution in [2.24, 2.45) is 5.92 Å². The average molecular weight is 327 g/mol. The van der Waals surface area contributed by atoms with Crippen molar-refractivity contribution in [1.82, 2.24) is 9.03 Å². The monoisotopic (exact) mass is 326 g/mol. The molecule has 1 rings (SSSR count). The van der Waals surface area contributed by atoms with Gasteiger partial charge >= 0.3 is 0 Å². The maximum Gasteiger partial charge on any atom is 0.279 e. The normalized spacial score (nSPS) is 20.7. The van der Waals surface area contributed by atoms with E-state index in [1.54, 1.807) is 4.31 Å². The maximum atomic E-state index is 12.2. The van der Waals surface area contributed by atoms with E-state index in [4.69, 9.17) is 0 Å². The molecule has 1 unspecified atom stereocenters. The molecule has 0 aromatic heterocycles. The number of nitrogens with zero attached hydrogens (tertiary/aromatic N) is 1. The van der Waals surface area contributed by atoms with Gasteiger partial charge in [0.25, 0.3) is 10.2 Å². The first-order valence-electron chi connectivity index (χ1n) is 6.30. The number of piperidine rings is 1. The minimum absolute atomic E-state index is 0.0151. The van der Waals surface area contributed by atoms with E-state index in [-0.39, 0.29) is 6.04 Å². The topological polar surface area (TPSA) is 49.4 Å². The summed E-state index contributed by atoms with van der Waals surface area (Å²) in [5, 5.41) is 0.818. The molecule has 17 heavy (non-hydrogen) atoms. The molecule has 0 aromatic carbocycles. The van der Waals surface area contributed by atoms with Crippen LogP contribution >= 0.6 is 15.9 Å². The van der Waals surface area contributed by atoms with E-state index in [1.807, 2.05) is 13.8 Å². The molecule has 0 aliphatic carbocycles. The minimum Gasteiger partial charge on any atom is -0.199 e. The van der Waals surface area contributed by atoms with Crippen LogP contribution in [-0.2, 0) is 10.2 Å². The summed E-state index contributed by atoms with van der Waals surface area (Å²) in [5.41, 5.74) is 0. The third kappa shape index (κ3) is 4.85. The second kappa shape index (κ2) is 7.07. The fourth-order valence-electron chi connectivity index (χ4n) is 2.02. The van der Waals surface area contributed by atoms with Gasteiger partial charge in [0.2, 0.25) is 0 Å². The molecule has 1 aliphatic rings. The van der Waals surface area contributed by atoms with Crippen LogP contribution in [-0.4, -0.2) is 37.2 Å². The summed E-state index contributed by atoms with van der Waals surface area (Å²) in [6.07, 6.45) is 3.92. The predicted molar refractivity (Wildman–Crippen MR) is 74.5 cm³/mol. The predicted octanol–water partition coefficient (Wildman–Crippen LogP) is 2.12. The molecule has 1 fully saturated rings. The van der Waals surface area contributed by atoms with Crippen LogP contribution < -0.4 is 4.72 Å². The summed E-state index contributed by atoms with van der Waals surface area (Å²) in [6.45, 7) is 5.42. The summed E-state index contributed by atoms with van der Waals surface area (Å²) in [6, 6.07) is 0.0151. The van der Waals surface area contributed by atoms with E-state index >= 15 is 0 Å². The van der Waals surface area contributed by atoms with Crippen LogP contribution in [0.4, 0.5) is 0 Å². The largest absolute Gasteiger partial charge is 0.279 e. The summed E-state index contributed by atoms with van der Waals surface area (Å²) in [4.78, 5) is 0. The molecule has 1 heterocycles. The van der Waals surface area contributed by atoms with Crippen molar-refractivity contribution in [3.8, 4) is 0 Å². The van der Waals surface area contributed by atoms with Gasteiger partial charge in [0, 0.05) is 24.5 Å². The van der Waals surface area contributed by atoms with Gasteiger partial charge in [0.1, 0.15) is 0 Å². The molecule has 0 bridgehead atoms. The Kier molecular flexibility index (Phi) is 6.40. The van der Waals surface area contributed by atoms with E-state index < -0.39 is 10.2 Å². The van der Waals surface area contributed by atoms with Gasteiger partial charge in [0.15, 0.2) is 0 Å². The standard InChI is InChI=1S/C11H23BrN2O2S/c1-10(2)11(6-7-12)13-17(15,16)14-8-4-3-5-9-14/h10-11,13H,3-9H2,1-2H3. The zero-order valence-electron chi connectivity index (χ0n) is 10.7. The zero-order valence-corrected chi connectivity index (χ0v) is 13.1. The van der Waals surface area contributed by atoms with Crippen LogP contribution in [0.1, 0.15) is 39.5 Å². The van der Waals surface area contributed by atoms with E-state index in [9.17, 15) is 8.42 Å². The van der Waals surface area contributed by atoms with Gasteiger partial charge in [-0.3, -0.25) is 0 Å². The highest BCUT2D eigenvalue weighted by molar-refractivity contribution is 9.09. The van der Waals surface area contributed by atoms with Gasteiger partial charge in [0.05, 0.1) is 0 Å². The Bertz CT molecular complexity index is 313. The summed E-state index contributed by atoms with van der Waals surface area (Å²) in [7, 11) is -3.29. The van der Waals surface area contributed by atoms with Gasteiger partial charge in [-0.1, -0.05) is 36.2 Å². The van der Waals surface area contributed by atoms with Crippen LogP contribution in [0.15, 0.2) is 0 Å². The summed E-state index contributed by atoms with van der Waals surface area (Å²) in [5.74, 6) is 0.312. The molecule has 0 spiro atoms. The lowest BCUT2D eigenvalue weighted by Crippen LogP contribution is -2.48. The van der Waals surface area contributed by atoms with Gasteiger partial charge < -0.3 is 0 Å². The molecule has 0 aromatic rings. The third-order valence-electron chi connectivity index (χ3n) is 3.18. The molecule has 0 amide bonds. The lowest BCUT2D eigenvalue weighted by molar-refractivity contribution is 0.331. The second-order valence-electron chi connectivity index (χ2n) is 4.91. The molecule has 0 radical (unpaired) electrons. The first-order valence-corrected chi connectivity index (χ1v) is 8.87. The van der Waals surface area contributed by atoms with Crippen molar-refractivity contribution >= 4 is 26.1 Å². The number of halogens is 1. The lowest BCUT2D eigenvalue weighted by Gasteiger charge is -2.29. The third-order valence-corrected chi connectivity index (χ3v) is 5.28. The van der Waals surface area contributed by atoms with E-state index in [2.05, 4.69) is 20.7 Å². The number of alkyl halides is 1.